The van der Waals surface area contributed by atoms with Gasteiger partial charge in [0.25, 0.3) is 0 Å². The van der Waals surface area contributed by atoms with Gasteiger partial charge >= 0.3 is 0 Å². The molecule has 7 heteroatoms. The van der Waals surface area contributed by atoms with Crippen molar-refractivity contribution in [2.75, 3.05) is 5.73 Å². The summed E-state index contributed by atoms with van der Waals surface area (Å²) in [5.41, 5.74) is 11.2. The fourth-order valence-corrected chi connectivity index (χ4v) is 3.30. The minimum atomic E-state index is -0.834. The predicted octanol–water partition coefficient (Wildman–Crippen LogP) is 2.10. The maximum atomic E-state index is 12.8. The van der Waals surface area contributed by atoms with Gasteiger partial charge in [-0.3, -0.25) is 9.59 Å². The van der Waals surface area contributed by atoms with Crippen LogP contribution in [-0.4, -0.2) is 26.1 Å². The summed E-state index contributed by atoms with van der Waals surface area (Å²) in [5.74, 6) is -2.04. The molecule has 0 saturated heterocycles. The van der Waals surface area contributed by atoms with Crippen LogP contribution in [0.2, 0.25) is 0 Å². The van der Waals surface area contributed by atoms with E-state index in [4.69, 9.17) is 11.5 Å². The van der Waals surface area contributed by atoms with Gasteiger partial charge < -0.3 is 21.7 Å². The van der Waals surface area contributed by atoms with Crippen LogP contribution >= 0.6 is 15.9 Å². The summed E-state index contributed by atoms with van der Waals surface area (Å²) in [6.07, 6.45) is 2.88. The second-order valence-corrected chi connectivity index (χ2v) is 7.32. The Morgan fingerprint density at radius 3 is 2.26 bits per heavy atom. The first-order chi connectivity index (χ1) is 10.6. The zero-order valence-corrected chi connectivity index (χ0v) is 13.6. The van der Waals surface area contributed by atoms with Crippen molar-refractivity contribution in [2.24, 2.45) is 5.73 Å². The quantitative estimate of drug-likeness (QED) is 0.312. The number of fused-ring (bicyclic) bond motifs is 1. The van der Waals surface area contributed by atoms with Gasteiger partial charge in [-0.25, -0.2) is 0 Å². The van der Waals surface area contributed by atoms with Gasteiger partial charge in [-0.1, -0.05) is 15.9 Å². The number of hydrogen-bond acceptors (Lipinski definition) is 6. The normalized spacial score (nSPS) is 23.7. The fourth-order valence-electron chi connectivity index (χ4n) is 2.84. The molecule has 1 atom stereocenters. The first-order valence-electron chi connectivity index (χ1n) is 6.69. The van der Waals surface area contributed by atoms with Crippen molar-refractivity contribution in [2.45, 2.75) is 11.2 Å². The van der Waals surface area contributed by atoms with E-state index in [1.807, 2.05) is 0 Å². The molecule has 0 radical (unpaired) electrons. The third-order valence-electron chi connectivity index (χ3n) is 3.78. The molecule has 1 aromatic rings. The van der Waals surface area contributed by atoms with Crippen molar-refractivity contribution in [3.63, 3.8) is 0 Å². The molecule has 1 aromatic carbocycles. The zero-order chi connectivity index (χ0) is 17.1. The van der Waals surface area contributed by atoms with E-state index in [-0.39, 0.29) is 45.2 Å². The lowest BCUT2D eigenvalue weighted by atomic mass is 9.81. The van der Waals surface area contributed by atoms with E-state index in [1.54, 1.807) is 6.92 Å². The number of ketones is 2. The second-order valence-electron chi connectivity index (χ2n) is 5.61. The van der Waals surface area contributed by atoms with Crippen LogP contribution in [0.5, 0.6) is 5.75 Å². The lowest BCUT2D eigenvalue weighted by molar-refractivity contribution is 0.0971. The number of anilines is 1. The van der Waals surface area contributed by atoms with Crippen LogP contribution in [0, 0.1) is 0 Å². The third-order valence-corrected chi connectivity index (χ3v) is 4.23. The molecule has 0 amide bonds. The molecule has 0 spiro atoms. The van der Waals surface area contributed by atoms with Gasteiger partial charge in [0.2, 0.25) is 11.6 Å². The maximum Gasteiger partial charge on any atom is 0.200 e. The van der Waals surface area contributed by atoms with Crippen LogP contribution < -0.4 is 11.5 Å². The van der Waals surface area contributed by atoms with E-state index >= 15 is 0 Å². The van der Waals surface area contributed by atoms with Gasteiger partial charge in [-0.2, -0.15) is 0 Å². The SMILES string of the molecule is CC1(Br)C=C(N)C2=C(C(=O)c3c(N)ccc(O)c3C2=O)C(O)=C1. The van der Waals surface area contributed by atoms with Gasteiger partial charge in [0.15, 0.2) is 0 Å². The number of carbonyl (C=O) groups excluding carboxylic acids is 2. The third kappa shape index (κ3) is 2.16. The molecule has 118 valence electrons. The van der Waals surface area contributed by atoms with Crippen molar-refractivity contribution in [3.05, 3.63) is 58.0 Å². The second kappa shape index (κ2) is 4.73. The molecule has 2 aliphatic rings. The van der Waals surface area contributed by atoms with Gasteiger partial charge in [0.05, 0.1) is 26.6 Å². The van der Waals surface area contributed by atoms with Crippen LogP contribution in [0.1, 0.15) is 27.6 Å². The van der Waals surface area contributed by atoms with E-state index in [9.17, 15) is 19.8 Å². The van der Waals surface area contributed by atoms with Crippen LogP contribution in [0.25, 0.3) is 0 Å². The van der Waals surface area contributed by atoms with E-state index < -0.39 is 15.9 Å². The lowest BCUT2D eigenvalue weighted by Gasteiger charge is -2.22. The maximum absolute atomic E-state index is 12.8. The highest BCUT2D eigenvalue weighted by Gasteiger charge is 2.40. The summed E-state index contributed by atoms with van der Waals surface area (Å²) in [6, 6.07) is 2.57. The number of carbonyl (C=O) groups is 2. The topological polar surface area (TPSA) is 127 Å². The number of alkyl halides is 1. The summed E-state index contributed by atoms with van der Waals surface area (Å²) in [6.45, 7) is 1.70. The molecule has 3 rings (SSSR count). The molecule has 23 heavy (non-hydrogen) atoms. The van der Waals surface area contributed by atoms with E-state index in [2.05, 4.69) is 15.9 Å². The van der Waals surface area contributed by atoms with E-state index in [0.717, 1.165) is 0 Å². The van der Waals surface area contributed by atoms with Crippen LogP contribution in [0.4, 0.5) is 5.69 Å². The highest BCUT2D eigenvalue weighted by atomic mass is 79.9. The Bertz CT molecular complexity index is 809. The molecule has 2 aliphatic carbocycles. The number of nitrogens with two attached hydrogens (primary N) is 2. The molecule has 0 aromatic heterocycles. The summed E-state index contributed by atoms with van der Waals surface area (Å²) >= 11 is 3.34. The number of allylic oxidation sites excluding steroid dienone is 4. The monoisotopic (exact) mass is 376 g/mol. The lowest BCUT2D eigenvalue weighted by Crippen LogP contribution is -2.27. The minimum Gasteiger partial charge on any atom is -0.507 e. The molecule has 0 saturated carbocycles. The van der Waals surface area contributed by atoms with E-state index in [1.165, 1.54) is 24.3 Å². The van der Waals surface area contributed by atoms with Crippen LogP contribution in [0.3, 0.4) is 0 Å². The Morgan fingerprint density at radius 2 is 1.61 bits per heavy atom. The van der Waals surface area contributed by atoms with Gasteiger partial charge in [0, 0.05) is 11.4 Å². The summed E-state index contributed by atoms with van der Waals surface area (Å²) in [5, 5.41) is 20.3. The highest BCUT2D eigenvalue weighted by Crippen LogP contribution is 2.41. The number of Topliss-reactive ketones (excluding diaryl/α,β-unsaturated/α-hetero) is 2. The van der Waals surface area contributed by atoms with Gasteiger partial charge in [0.1, 0.15) is 11.5 Å². The number of aromatic hydroxyl groups is 1. The smallest absolute Gasteiger partial charge is 0.200 e. The van der Waals surface area contributed by atoms with Crippen molar-refractivity contribution < 1.29 is 19.8 Å². The predicted molar refractivity (Wildman–Crippen MR) is 88.5 cm³/mol. The number of rotatable bonds is 0. The number of phenols is 1. The number of phenolic OH excluding ortho intramolecular Hbond substituents is 1. The summed E-state index contributed by atoms with van der Waals surface area (Å²) < 4.78 is -0.834. The average Bonchev–Trinajstić information content (AvgIpc) is 2.51. The zero-order valence-electron chi connectivity index (χ0n) is 12.1. The first kappa shape index (κ1) is 15.4. The Hall–Kier alpha value is -2.54. The number of nitrogen functional groups attached to an aromatic ring is 1. The molecule has 1 unspecified atom stereocenters. The Labute approximate surface area is 139 Å². The molecular formula is C16H13BrN2O4. The minimum absolute atomic E-state index is 0.0329. The molecular weight excluding hydrogens is 364 g/mol. The van der Waals surface area contributed by atoms with Crippen molar-refractivity contribution >= 4 is 33.2 Å². The molecule has 6 N–H and O–H groups in total. The number of aliphatic hydroxyl groups is 1. The molecule has 0 heterocycles. The Morgan fingerprint density at radius 1 is 1.00 bits per heavy atom. The van der Waals surface area contributed by atoms with Gasteiger partial charge in [-0.05, 0) is 31.2 Å². The highest BCUT2D eigenvalue weighted by molar-refractivity contribution is 9.10. The first-order valence-corrected chi connectivity index (χ1v) is 7.48. The van der Waals surface area contributed by atoms with Crippen molar-refractivity contribution in [3.8, 4) is 5.75 Å². The largest absolute Gasteiger partial charge is 0.507 e. The van der Waals surface area contributed by atoms with E-state index in [0.29, 0.717) is 0 Å². The summed E-state index contributed by atoms with van der Waals surface area (Å²) in [7, 11) is 0. The number of hydrogen-bond donors (Lipinski definition) is 4. The molecule has 6 nitrogen and oxygen atoms in total. The standard InChI is InChI=1S/C16H13BrN2O4/c1-16(17)4-7(19)11-13(9(21)5-16)14(22)10-6(18)2-3-8(20)12(10)15(11)23/h2-5,20-21H,18-19H2,1H3. The average molecular weight is 377 g/mol. The Kier molecular flexibility index (Phi) is 3.16. The van der Waals surface area contributed by atoms with Crippen molar-refractivity contribution in [1.29, 1.82) is 0 Å². The summed E-state index contributed by atoms with van der Waals surface area (Å²) in [4.78, 5) is 25.6. The molecule has 0 aliphatic heterocycles. The number of halogens is 1. The molecule has 0 bridgehead atoms. The molecule has 0 fully saturated rings. The van der Waals surface area contributed by atoms with Crippen molar-refractivity contribution in [1.82, 2.24) is 0 Å². The van der Waals surface area contributed by atoms with Gasteiger partial charge in [-0.15, -0.1) is 0 Å². The number of aliphatic hydroxyl groups excluding tert-OH is 1. The number of benzene rings is 1. The van der Waals surface area contributed by atoms with Crippen LogP contribution in [0.15, 0.2) is 46.9 Å². The fraction of sp³-hybridized carbons (Fsp3) is 0.125. The Balaban J connectivity index is 2.40. The van der Waals surface area contributed by atoms with Crippen LogP contribution in [-0.2, 0) is 0 Å².